The van der Waals surface area contributed by atoms with Crippen LogP contribution in [0.2, 0.25) is 0 Å². The van der Waals surface area contributed by atoms with Crippen molar-refractivity contribution in [1.29, 1.82) is 0 Å². The number of nitrogens with one attached hydrogen (secondary N) is 1. The number of carbonyl (C=O) groups excluding carboxylic acids is 2. The number of fused-ring (bicyclic) bond motifs is 1. The molecule has 4 nitrogen and oxygen atoms in total. The van der Waals surface area contributed by atoms with Crippen molar-refractivity contribution in [1.82, 2.24) is 10.2 Å². The van der Waals surface area contributed by atoms with Crippen molar-refractivity contribution < 1.29 is 9.59 Å². The van der Waals surface area contributed by atoms with E-state index in [1.54, 1.807) is 0 Å². The molecule has 6 heteroatoms. The van der Waals surface area contributed by atoms with Crippen LogP contribution in [0, 0.1) is 0 Å². The van der Waals surface area contributed by atoms with E-state index in [-0.39, 0.29) is 23.2 Å². The molecule has 0 spiro atoms. The van der Waals surface area contributed by atoms with Crippen LogP contribution in [-0.4, -0.2) is 45.2 Å². The van der Waals surface area contributed by atoms with Gasteiger partial charge in [0.1, 0.15) is 6.04 Å². The zero-order chi connectivity index (χ0) is 17.8. The van der Waals surface area contributed by atoms with Crippen LogP contribution in [0.4, 0.5) is 0 Å². The van der Waals surface area contributed by atoms with Crippen LogP contribution in [-0.2, 0) is 16.0 Å². The van der Waals surface area contributed by atoms with Crippen LogP contribution in [0.3, 0.4) is 0 Å². The number of hydrogen-bond donors (Lipinski definition) is 2. The summed E-state index contributed by atoms with van der Waals surface area (Å²) < 4.78 is 0. The van der Waals surface area contributed by atoms with Crippen LogP contribution in [0.1, 0.15) is 38.2 Å². The van der Waals surface area contributed by atoms with Gasteiger partial charge in [-0.15, -0.1) is 11.8 Å². The second-order valence-electron chi connectivity index (χ2n) is 6.91. The Hall–Kier alpha value is -1.14. The summed E-state index contributed by atoms with van der Waals surface area (Å²) in [6.45, 7) is 2.12. The van der Waals surface area contributed by atoms with Crippen molar-refractivity contribution in [2.75, 3.05) is 5.75 Å². The third-order valence-corrected chi connectivity index (χ3v) is 6.75. The average molecular weight is 379 g/mol. The molecule has 2 saturated heterocycles. The molecule has 0 saturated carbocycles. The Balaban J connectivity index is 1.62. The molecule has 1 aromatic rings. The monoisotopic (exact) mass is 378 g/mol. The Bertz CT molecular complexity index is 611. The Labute approximate surface area is 159 Å². The molecule has 2 aliphatic heterocycles. The molecule has 2 aliphatic rings. The first-order valence-electron chi connectivity index (χ1n) is 9.02. The number of thioether (sulfide) groups is 1. The van der Waals surface area contributed by atoms with Gasteiger partial charge in [-0.3, -0.25) is 9.59 Å². The van der Waals surface area contributed by atoms with Gasteiger partial charge in [-0.2, -0.15) is 12.6 Å². The number of amides is 2. The molecule has 1 N–H and O–H groups in total. The van der Waals surface area contributed by atoms with Crippen LogP contribution in [0.25, 0.3) is 0 Å². The van der Waals surface area contributed by atoms with E-state index in [9.17, 15) is 9.59 Å². The molecule has 1 aromatic carbocycles. The minimum atomic E-state index is -0.444. The van der Waals surface area contributed by atoms with Gasteiger partial charge in [-0.25, -0.2) is 0 Å². The molecule has 0 aromatic heterocycles. The van der Waals surface area contributed by atoms with E-state index in [1.807, 2.05) is 47.0 Å². The second-order valence-corrected chi connectivity index (χ2v) is 8.82. The van der Waals surface area contributed by atoms with Crippen LogP contribution >= 0.6 is 24.4 Å². The van der Waals surface area contributed by atoms with Gasteiger partial charge in [0.15, 0.2) is 0 Å². The summed E-state index contributed by atoms with van der Waals surface area (Å²) in [6.07, 6.45) is 4.54. The fourth-order valence-electron chi connectivity index (χ4n) is 3.63. The van der Waals surface area contributed by atoms with E-state index in [1.165, 1.54) is 6.42 Å². The maximum Gasteiger partial charge on any atom is 0.246 e. The number of nitrogens with zero attached hydrogens (tertiary/aromatic N) is 1. The van der Waals surface area contributed by atoms with Gasteiger partial charge in [0.2, 0.25) is 11.8 Å². The van der Waals surface area contributed by atoms with E-state index >= 15 is 0 Å². The largest absolute Gasteiger partial charge is 0.343 e. The molecule has 4 atom stereocenters. The standard InChI is InChI=1S/C19H26N2O2S2/c1-13-6-5-9-17-21(13)19(23)15(10-11-25-17)20-18(22)16(24)12-14-7-3-2-4-8-14/h2-4,7-8,13,15-17,24H,5-6,9-12H2,1H3,(H,20,22)/t13-,15+,16?,17?/m1/s1. The van der Waals surface area contributed by atoms with Crippen molar-refractivity contribution in [3.8, 4) is 0 Å². The topological polar surface area (TPSA) is 49.4 Å². The highest BCUT2D eigenvalue weighted by Gasteiger charge is 2.38. The Morgan fingerprint density at radius 1 is 1.32 bits per heavy atom. The SMILES string of the molecule is C[C@@H]1CCCC2SCC[C@H](NC(=O)C(S)Cc3ccccc3)C(=O)N21. The summed E-state index contributed by atoms with van der Waals surface area (Å²) in [7, 11) is 0. The summed E-state index contributed by atoms with van der Waals surface area (Å²) in [5, 5.41) is 2.79. The van der Waals surface area contributed by atoms with E-state index in [2.05, 4.69) is 24.9 Å². The van der Waals surface area contributed by atoms with Gasteiger partial charge in [-0.05, 0) is 50.3 Å². The zero-order valence-corrected chi connectivity index (χ0v) is 16.3. The summed E-state index contributed by atoms with van der Waals surface area (Å²) in [5.74, 6) is 0.829. The second kappa shape index (κ2) is 8.49. The highest BCUT2D eigenvalue weighted by Crippen LogP contribution is 2.34. The third-order valence-electron chi connectivity index (χ3n) is 5.02. The lowest BCUT2D eigenvalue weighted by Gasteiger charge is -2.40. The van der Waals surface area contributed by atoms with Crippen LogP contribution in [0.5, 0.6) is 0 Å². The van der Waals surface area contributed by atoms with Gasteiger partial charge in [0.25, 0.3) is 0 Å². The van der Waals surface area contributed by atoms with E-state index in [4.69, 9.17) is 0 Å². The first-order chi connectivity index (χ1) is 12.1. The molecule has 2 amide bonds. The molecule has 0 aliphatic carbocycles. The van der Waals surface area contributed by atoms with E-state index in [0.717, 1.165) is 24.2 Å². The lowest BCUT2D eigenvalue weighted by Crippen LogP contribution is -2.55. The minimum Gasteiger partial charge on any atom is -0.343 e. The Morgan fingerprint density at radius 3 is 2.84 bits per heavy atom. The fraction of sp³-hybridized carbons (Fsp3) is 0.579. The number of piperidine rings is 1. The predicted octanol–water partition coefficient (Wildman–Crippen LogP) is 2.88. The van der Waals surface area contributed by atoms with Gasteiger partial charge in [0, 0.05) is 6.04 Å². The first-order valence-corrected chi connectivity index (χ1v) is 10.6. The number of thiol groups is 1. The molecule has 2 unspecified atom stereocenters. The maximum atomic E-state index is 13.0. The van der Waals surface area contributed by atoms with Crippen LogP contribution in [0.15, 0.2) is 30.3 Å². The van der Waals surface area contributed by atoms with E-state index in [0.29, 0.717) is 12.8 Å². The average Bonchev–Trinajstić information content (AvgIpc) is 2.76. The van der Waals surface area contributed by atoms with Crippen molar-refractivity contribution in [2.45, 2.75) is 61.7 Å². The van der Waals surface area contributed by atoms with E-state index < -0.39 is 11.3 Å². The summed E-state index contributed by atoms with van der Waals surface area (Å²) >= 11 is 6.31. The van der Waals surface area contributed by atoms with Crippen LogP contribution < -0.4 is 5.32 Å². The van der Waals surface area contributed by atoms with Gasteiger partial charge >= 0.3 is 0 Å². The molecule has 0 bridgehead atoms. The molecule has 3 rings (SSSR count). The molecule has 2 fully saturated rings. The minimum absolute atomic E-state index is 0.0794. The molecule has 2 heterocycles. The molecule has 25 heavy (non-hydrogen) atoms. The molecule has 0 radical (unpaired) electrons. The lowest BCUT2D eigenvalue weighted by atomic mass is 10.0. The predicted molar refractivity (Wildman–Crippen MR) is 106 cm³/mol. The smallest absolute Gasteiger partial charge is 0.246 e. The van der Waals surface area contributed by atoms with Gasteiger partial charge in [0.05, 0.1) is 10.6 Å². The summed E-state index contributed by atoms with van der Waals surface area (Å²) in [5.41, 5.74) is 1.07. The maximum absolute atomic E-state index is 13.0. The number of rotatable bonds is 4. The summed E-state index contributed by atoms with van der Waals surface area (Å²) in [6, 6.07) is 9.68. The third kappa shape index (κ3) is 4.53. The van der Waals surface area contributed by atoms with Crippen molar-refractivity contribution in [2.24, 2.45) is 0 Å². The highest BCUT2D eigenvalue weighted by atomic mass is 32.2. The summed E-state index contributed by atoms with van der Waals surface area (Å²) in [4.78, 5) is 27.5. The Kier molecular flexibility index (Phi) is 6.34. The van der Waals surface area contributed by atoms with Crippen molar-refractivity contribution in [3.63, 3.8) is 0 Å². The molecule has 136 valence electrons. The zero-order valence-electron chi connectivity index (χ0n) is 14.6. The normalized spacial score (nSPS) is 28.0. The van der Waals surface area contributed by atoms with Gasteiger partial charge in [-0.1, -0.05) is 30.3 Å². The number of carbonyl (C=O) groups is 2. The van der Waals surface area contributed by atoms with Gasteiger partial charge < -0.3 is 10.2 Å². The molecular formula is C19H26N2O2S2. The quantitative estimate of drug-likeness (QED) is 0.792. The Morgan fingerprint density at radius 2 is 2.08 bits per heavy atom. The first kappa shape index (κ1) is 18.6. The lowest BCUT2D eigenvalue weighted by molar-refractivity contribution is -0.139. The molecular weight excluding hydrogens is 352 g/mol. The van der Waals surface area contributed by atoms with Crippen molar-refractivity contribution >= 4 is 36.2 Å². The number of benzene rings is 1. The fourth-order valence-corrected chi connectivity index (χ4v) is 5.36. The highest BCUT2D eigenvalue weighted by molar-refractivity contribution is 7.99. The number of hydrogen-bond acceptors (Lipinski definition) is 4. The van der Waals surface area contributed by atoms with Crippen molar-refractivity contribution in [3.05, 3.63) is 35.9 Å².